The molecule has 3 saturated heterocycles. The Bertz CT molecular complexity index is 5030. The number of aliphatic hydroxyl groups is 1. The van der Waals surface area contributed by atoms with Gasteiger partial charge in [-0.15, -0.1) is 11.8 Å². The van der Waals surface area contributed by atoms with Crippen molar-refractivity contribution in [1.82, 2.24) is 97.6 Å². The van der Waals surface area contributed by atoms with Gasteiger partial charge in [-0.05, 0) is 80.0 Å². The number of aromatic hydroxyl groups is 1. The predicted molar refractivity (Wildman–Crippen MR) is 465 cm³/mol. The summed E-state index contributed by atoms with van der Waals surface area (Å²) in [6, 6.07) is 1.35. The van der Waals surface area contributed by atoms with Gasteiger partial charge in [-0.25, -0.2) is 4.98 Å². The number of para-hydroxylation sites is 2. The number of amides is 18. The summed E-state index contributed by atoms with van der Waals surface area (Å²) in [5.74, 6) is -17.9. The molecular formula is C85H114N22O20S. The van der Waals surface area contributed by atoms with Crippen LogP contribution in [0.15, 0.2) is 97.7 Å². The molecule has 0 saturated carbocycles. The summed E-state index contributed by atoms with van der Waals surface area (Å²) in [7, 11) is 3.94. The SMILES string of the molecule is CCCC[C@H]1C(=O)N(C)[C@@H](CCCC)C(=O)NCC(=O)N[C@H](C(=O)NCC(N)=O)CSCC(=O)N[C@@H](Cc2ccc(O)cc2)C(=O)N(C)[C@@H](C)C(=O)N[C@@H](CC(N)=O)C(=O)N2CCC[C@H]2C(=O)N[C@@H](Cc2c[nH]cn2)C(=O)N[C@@H](CCC(N)=O)C(=O)N2C[C@H](O)C[C@H]2C(=O)N[C@@H](Cc2c[nH]c3ccccc23)C(=O)NCC(=O)N[C@@H](Cc2c[nH]c3ccccc23)C(=O)N1C. The van der Waals surface area contributed by atoms with Crippen LogP contribution >= 0.6 is 11.8 Å². The van der Waals surface area contributed by atoms with Crippen molar-refractivity contribution in [2.75, 3.05) is 65.4 Å². The third-order valence-corrected chi connectivity index (χ3v) is 23.8. The molecule has 3 aromatic carbocycles. The highest BCUT2D eigenvalue weighted by Gasteiger charge is 2.46. The lowest BCUT2D eigenvalue weighted by Gasteiger charge is -2.36. The number of unbranched alkanes of at least 4 members (excludes halogenated alkanes) is 2. The lowest BCUT2D eigenvalue weighted by molar-refractivity contribution is -0.149. The molecular weight excluding hydrogens is 1680 g/mol. The van der Waals surface area contributed by atoms with Crippen LogP contribution in [-0.4, -0.2) is 305 Å². The van der Waals surface area contributed by atoms with Crippen LogP contribution in [0.5, 0.6) is 5.75 Å². The van der Waals surface area contributed by atoms with E-state index in [-0.39, 0.29) is 75.1 Å². The highest BCUT2D eigenvalue weighted by atomic mass is 32.2. The molecule has 18 amide bonds. The van der Waals surface area contributed by atoms with Crippen LogP contribution in [0.2, 0.25) is 0 Å². The summed E-state index contributed by atoms with van der Waals surface area (Å²) in [4.78, 5) is 277. The van der Waals surface area contributed by atoms with Crippen LogP contribution in [0.3, 0.4) is 0 Å². The molecule has 3 aliphatic heterocycles. The van der Waals surface area contributed by atoms with E-state index in [1.807, 2.05) is 13.8 Å². The maximum atomic E-state index is 15.4. The number of imidazole rings is 1. The molecule has 9 rings (SSSR count). The zero-order chi connectivity index (χ0) is 93.2. The topological polar surface area (TPSA) is 623 Å². The zero-order valence-corrected chi connectivity index (χ0v) is 72.9. The van der Waals surface area contributed by atoms with Gasteiger partial charge in [0.25, 0.3) is 0 Å². The van der Waals surface area contributed by atoms with Gasteiger partial charge in [0.15, 0.2) is 0 Å². The van der Waals surface area contributed by atoms with Crippen molar-refractivity contribution >= 4 is 140 Å². The largest absolute Gasteiger partial charge is 0.508 e. The normalized spacial score (nSPS) is 24.3. The Balaban J connectivity index is 1.06. The number of H-pyrrole nitrogens is 3. The molecule has 0 bridgehead atoms. The number of nitrogens with zero attached hydrogens (tertiary/aromatic N) is 6. The Morgan fingerprint density at radius 1 is 0.531 bits per heavy atom. The molecule has 128 heavy (non-hydrogen) atoms. The second-order valence-corrected chi connectivity index (χ2v) is 33.1. The molecule has 13 atom stereocenters. The number of nitrogens with two attached hydrogens (primary N) is 3. The molecule has 3 aliphatic rings. The molecule has 0 spiro atoms. The van der Waals surface area contributed by atoms with Crippen LogP contribution < -0.4 is 70.4 Å². The van der Waals surface area contributed by atoms with Crippen LogP contribution in [0.4, 0.5) is 0 Å². The first-order valence-electron chi connectivity index (χ1n) is 42.3. The molecule has 42 nitrogen and oxygen atoms in total. The number of likely N-dealkylation sites (N-methyl/N-ethyl adjacent to an activating group) is 3. The summed E-state index contributed by atoms with van der Waals surface area (Å²) in [5.41, 5.74) is 19.7. The number of hydrogen-bond donors (Lipinski definition) is 18. The van der Waals surface area contributed by atoms with Gasteiger partial charge in [0.05, 0.1) is 49.9 Å². The minimum atomic E-state index is -1.79. The molecule has 690 valence electrons. The zero-order valence-electron chi connectivity index (χ0n) is 72.1. The number of aliphatic hydroxyl groups excluding tert-OH is 1. The average molecular weight is 1800 g/mol. The highest BCUT2D eigenvalue weighted by molar-refractivity contribution is 8.00. The Morgan fingerprint density at radius 2 is 1.08 bits per heavy atom. The third-order valence-electron chi connectivity index (χ3n) is 22.7. The molecule has 0 radical (unpaired) electrons. The van der Waals surface area contributed by atoms with Crippen molar-refractivity contribution < 1.29 is 96.5 Å². The number of nitrogens with one attached hydrogen (secondary N) is 13. The highest BCUT2D eigenvalue weighted by Crippen LogP contribution is 2.27. The minimum Gasteiger partial charge on any atom is -0.508 e. The van der Waals surface area contributed by atoms with Crippen molar-refractivity contribution in [2.45, 2.75) is 202 Å². The van der Waals surface area contributed by atoms with Gasteiger partial charge < -0.3 is 120 Å². The first-order chi connectivity index (χ1) is 61.0. The Morgan fingerprint density at radius 3 is 1.69 bits per heavy atom. The first kappa shape index (κ1) is 98.3. The molecule has 43 heteroatoms. The summed E-state index contributed by atoms with van der Waals surface area (Å²) < 4.78 is 0. The number of primary amides is 3. The predicted octanol–water partition coefficient (Wildman–Crippen LogP) is -3.70. The summed E-state index contributed by atoms with van der Waals surface area (Å²) >= 11 is 0.778. The van der Waals surface area contributed by atoms with Crippen molar-refractivity contribution in [3.8, 4) is 5.75 Å². The summed E-state index contributed by atoms with van der Waals surface area (Å²) in [6.07, 6.45) is 3.13. The number of carbonyl (C=O) groups excluding carboxylic acids is 18. The van der Waals surface area contributed by atoms with E-state index in [1.54, 1.807) is 60.9 Å². The van der Waals surface area contributed by atoms with Crippen molar-refractivity contribution in [3.05, 3.63) is 120 Å². The number of thioether (sulfide) groups is 1. The van der Waals surface area contributed by atoms with Crippen LogP contribution in [-0.2, 0) is 112 Å². The van der Waals surface area contributed by atoms with Gasteiger partial charge in [0.1, 0.15) is 78.3 Å². The fourth-order valence-electron chi connectivity index (χ4n) is 15.6. The van der Waals surface area contributed by atoms with E-state index in [9.17, 15) is 77.3 Å². The molecule has 3 fully saturated rings. The number of benzene rings is 3. The molecule has 6 aromatic rings. The van der Waals surface area contributed by atoms with Gasteiger partial charge >= 0.3 is 0 Å². The number of fused-ring (bicyclic) bond motifs is 4. The summed E-state index contributed by atoms with van der Waals surface area (Å²) in [5, 5.41) is 48.6. The quantitative estimate of drug-likeness (QED) is 0.0311. The van der Waals surface area contributed by atoms with Crippen LogP contribution in [0.1, 0.15) is 120 Å². The standard InChI is InChI=1S/C85H114N22O20S/c1-7-9-20-64-78(120)94-41-72(114)98-63(76(118)92-39-70(88)112)43-128-44-73(115)97-60(30-47-23-25-51(108)26-24-47)81(123)103(4)46(3)74(116)102-62(35-69(87)111)84(126)106-29-15-22-65(106)79(121)101-59(33-50-38-89-45-95-50)77(119)99-57(27-28-68(86)110)83(125)107-42-52(109)34-67(107)80(122)100-58(31-48-36-90-55-18-13-11-16-53(48)55)75(117)93-40-71(113)96-61(32-49-37-91-56-19-14-12-17-54(49)56)82(124)105(6)66(21-10-8-2)85(127)104(64)5/h11-14,16-19,23-26,36-38,45-46,52,57-67,90-91,108-109H,7-10,15,20-22,27-35,39-44H2,1-6H3,(H2,86,110)(H2,87,111)(H2,88,112)(H,89,95)(H,92,118)(H,93,117)(H,94,120)(H,96,113)(H,97,115)(H,98,114)(H,99,119)(H,100,122)(H,101,121)(H,102,116)/t46-,52+,57-,58-,59-,60-,61-,62-,63-,64-,65-,66-,67-/m0/s1. The average Bonchev–Trinajstić information content (AvgIpc) is 1.61. The number of carbonyl (C=O) groups is 18. The van der Waals surface area contributed by atoms with Gasteiger partial charge in [0, 0.05) is 119 Å². The molecule has 0 aliphatic carbocycles. The number of hydrogen-bond acceptors (Lipinski definition) is 22. The van der Waals surface area contributed by atoms with Gasteiger partial charge in [0.2, 0.25) is 106 Å². The minimum absolute atomic E-state index is 0.0473. The first-order valence-corrected chi connectivity index (χ1v) is 43.5. The number of phenolic OH excluding ortho intramolecular Hbond substituents is 1. The van der Waals surface area contributed by atoms with Crippen molar-refractivity contribution in [3.63, 3.8) is 0 Å². The van der Waals surface area contributed by atoms with E-state index in [1.165, 1.54) is 69.8 Å². The van der Waals surface area contributed by atoms with E-state index < -0.39 is 243 Å². The molecule has 3 aromatic heterocycles. The van der Waals surface area contributed by atoms with E-state index in [0.29, 0.717) is 64.2 Å². The Hall–Kier alpha value is -13.5. The second-order valence-electron chi connectivity index (χ2n) is 32.1. The number of aromatic nitrogens is 4. The molecule has 21 N–H and O–H groups in total. The Labute approximate surface area is 741 Å². The monoisotopic (exact) mass is 1790 g/mol. The molecule has 0 unspecified atom stereocenters. The van der Waals surface area contributed by atoms with E-state index >= 15 is 19.2 Å². The number of aromatic amines is 3. The smallest absolute Gasteiger partial charge is 0.246 e. The third kappa shape index (κ3) is 27.0. The Kier molecular flexibility index (Phi) is 35.8. The fourth-order valence-corrected chi connectivity index (χ4v) is 16.5. The van der Waals surface area contributed by atoms with Crippen molar-refractivity contribution in [2.24, 2.45) is 17.2 Å². The lowest BCUT2D eigenvalue weighted by Crippen LogP contribution is -2.60. The van der Waals surface area contributed by atoms with Crippen LogP contribution in [0, 0.1) is 0 Å². The fraction of sp³-hybridized carbons (Fsp3) is 0.494. The van der Waals surface area contributed by atoms with Gasteiger partial charge in [-0.3, -0.25) is 86.3 Å². The van der Waals surface area contributed by atoms with Crippen LogP contribution in [0.25, 0.3) is 21.8 Å². The second kappa shape index (κ2) is 46.7. The molecule has 6 heterocycles. The van der Waals surface area contributed by atoms with Gasteiger partial charge in [-0.1, -0.05) is 88.1 Å². The van der Waals surface area contributed by atoms with Gasteiger partial charge in [-0.2, -0.15) is 0 Å². The van der Waals surface area contributed by atoms with E-state index in [4.69, 9.17) is 17.2 Å². The van der Waals surface area contributed by atoms with Crippen molar-refractivity contribution in [1.29, 1.82) is 0 Å². The van der Waals surface area contributed by atoms with E-state index in [0.717, 1.165) is 31.4 Å². The number of phenols is 1. The van der Waals surface area contributed by atoms with E-state index in [2.05, 4.69) is 73.1 Å². The number of rotatable bonds is 22. The maximum Gasteiger partial charge on any atom is 0.246 e. The summed E-state index contributed by atoms with van der Waals surface area (Å²) in [6.45, 7) is 1.98. The lowest BCUT2D eigenvalue weighted by atomic mass is 10.0. The maximum absolute atomic E-state index is 15.4.